The van der Waals surface area contributed by atoms with Gasteiger partial charge in [0.05, 0.1) is 17.7 Å². The van der Waals surface area contributed by atoms with Gasteiger partial charge in [-0.1, -0.05) is 12.1 Å². The van der Waals surface area contributed by atoms with E-state index in [1.165, 1.54) is 24.3 Å². The first kappa shape index (κ1) is 14.5. The van der Waals surface area contributed by atoms with Crippen LogP contribution in [0.1, 0.15) is 31.8 Å². The van der Waals surface area contributed by atoms with Crippen molar-refractivity contribution in [2.45, 2.75) is 6.61 Å². The lowest BCUT2D eigenvalue weighted by Crippen LogP contribution is -2.11. The minimum Gasteiger partial charge on any atom is -0.508 e. The summed E-state index contributed by atoms with van der Waals surface area (Å²) in [6.07, 6.45) is 0. The molecular formula is C15H12O6. The number of hydrogen-bond donors (Lipinski definition) is 4. The first-order valence-corrected chi connectivity index (χ1v) is 5.98. The minimum absolute atomic E-state index is 0.0266. The summed E-state index contributed by atoms with van der Waals surface area (Å²) in [4.78, 5) is 23.6. The minimum atomic E-state index is -1.39. The van der Waals surface area contributed by atoms with Crippen LogP contribution in [0.5, 0.6) is 11.5 Å². The third-order valence-corrected chi connectivity index (χ3v) is 3.01. The highest BCUT2D eigenvalue weighted by molar-refractivity contribution is 6.15. The van der Waals surface area contributed by atoms with Crippen LogP contribution in [0.4, 0.5) is 0 Å². The molecule has 0 radical (unpaired) electrons. The van der Waals surface area contributed by atoms with Crippen molar-refractivity contribution in [3.8, 4) is 11.5 Å². The molecule has 0 saturated carbocycles. The Bertz CT molecular complexity index is 720. The van der Waals surface area contributed by atoms with Gasteiger partial charge in [0.15, 0.2) is 5.78 Å². The van der Waals surface area contributed by atoms with Crippen molar-refractivity contribution < 1.29 is 30.0 Å². The SMILES string of the molecule is O=C(O)c1cc(O)c(CO)cc1C(=O)c1ccccc1O. The number of ketones is 1. The smallest absolute Gasteiger partial charge is 0.336 e. The molecule has 6 nitrogen and oxygen atoms in total. The molecule has 0 saturated heterocycles. The van der Waals surface area contributed by atoms with Gasteiger partial charge < -0.3 is 20.4 Å². The number of phenolic OH excluding ortho intramolecular Hbond substituents is 1. The summed E-state index contributed by atoms with van der Waals surface area (Å²) in [6, 6.07) is 7.73. The standard InChI is InChI=1S/C15H12O6/c16-7-8-5-10(11(15(20)21)6-13(8)18)14(19)9-3-1-2-4-12(9)17/h1-6,16-18H,7H2,(H,20,21). The van der Waals surface area contributed by atoms with Crippen molar-refractivity contribution in [3.05, 3.63) is 58.7 Å². The number of aliphatic hydroxyl groups is 1. The Morgan fingerprint density at radius 1 is 0.905 bits per heavy atom. The Kier molecular flexibility index (Phi) is 3.91. The van der Waals surface area contributed by atoms with Crippen LogP contribution in [0, 0.1) is 0 Å². The van der Waals surface area contributed by atoms with Crippen LogP contribution in [0.3, 0.4) is 0 Å². The molecule has 2 aromatic rings. The van der Waals surface area contributed by atoms with E-state index in [0.29, 0.717) is 0 Å². The van der Waals surface area contributed by atoms with Gasteiger partial charge in [0.2, 0.25) is 0 Å². The molecule has 0 unspecified atom stereocenters. The first-order chi connectivity index (χ1) is 9.95. The summed E-state index contributed by atoms with van der Waals surface area (Å²) in [6.45, 7) is -0.549. The Morgan fingerprint density at radius 2 is 1.57 bits per heavy atom. The summed E-state index contributed by atoms with van der Waals surface area (Å²) in [5, 5.41) is 37.5. The number of phenols is 2. The van der Waals surface area contributed by atoms with Crippen LogP contribution in [0.2, 0.25) is 0 Å². The summed E-state index contributed by atoms with van der Waals surface area (Å²) in [5.74, 6) is -2.80. The fourth-order valence-electron chi connectivity index (χ4n) is 1.94. The highest BCUT2D eigenvalue weighted by Gasteiger charge is 2.22. The van der Waals surface area contributed by atoms with Gasteiger partial charge in [-0.25, -0.2) is 4.79 Å². The average molecular weight is 288 g/mol. The molecule has 108 valence electrons. The molecule has 2 rings (SSSR count). The highest BCUT2D eigenvalue weighted by Crippen LogP contribution is 2.27. The Hall–Kier alpha value is -2.86. The van der Waals surface area contributed by atoms with Gasteiger partial charge in [-0.2, -0.15) is 0 Å². The van der Waals surface area contributed by atoms with Crippen LogP contribution >= 0.6 is 0 Å². The predicted molar refractivity (Wildman–Crippen MR) is 72.5 cm³/mol. The topological polar surface area (TPSA) is 115 Å². The van der Waals surface area contributed by atoms with Gasteiger partial charge in [-0.15, -0.1) is 0 Å². The van der Waals surface area contributed by atoms with E-state index in [-0.39, 0.29) is 22.4 Å². The number of carbonyl (C=O) groups is 2. The molecule has 0 heterocycles. The molecule has 0 fully saturated rings. The van der Waals surface area contributed by atoms with Gasteiger partial charge in [0, 0.05) is 11.1 Å². The Morgan fingerprint density at radius 3 is 2.14 bits per heavy atom. The number of aromatic hydroxyl groups is 2. The molecule has 0 aromatic heterocycles. The van der Waals surface area contributed by atoms with Crippen LogP contribution in [0.15, 0.2) is 36.4 Å². The fraction of sp³-hybridized carbons (Fsp3) is 0.0667. The van der Waals surface area contributed by atoms with Crippen molar-refractivity contribution in [1.29, 1.82) is 0 Å². The van der Waals surface area contributed by atoms with E-state index >= 15 is 0 Å². The average Bonchev–Trinajstić information content (AvgIpc) is 2.46. The second-order valence-electron chi connectivity index (χ2n) is 4.34. The lowest BCUT2D eigenvalue weighted by molar-refractivity contribution is 0.0692. The number of aliphatic hydroxyl groups excluding tert-OH is 1. The van der Waals surface area contributed by atoms with E-state index < -0.39 is 29.7 Å². The molecule has 0 amide bonds. The highest BCUT2D eigenvalue weighted by atomic mass is 16.4. The second kappa shape index (κ2) is 5.64. The van der Waals surface area contributed by atoms with Crippen LogP contribution in [-0.2, 0) is 6.61 Å². The number of para-hydroxylation sites is 1. The number of rotatable bonds is 4. The van der Waals surface area contributed by atoms with Gasteiger partial charge in [0.1, 0.15) is 11.5 Å². The maximum atomic E-state index is 12.4. The van der Waals surface area contributed by atoms with E-state index in [4.69, 9.17) is 10.2 Å². The van der Waals surface area contributed by atoms with E-state index in [9.17, 15) is 19.8 Å². The van der Waals surface area contributed by atoms with E-state index in [1.807, 2.05) is 0 Å². The maximum Gasteiger partial charge on any atom is 0.336 e. The number of aromatic carboxylic acids is 1. The normalized spacial score (nSPS) is 10.3. The molecule has 0 bridgehead atoms. The van der Waals surface area contributed by atoms with Crippen LogP contribution in [-0.4, -0.2) is 32.2 Å². The quantitative estimate of drug-likeness (QED) is 0.634. The first-order valence-electron chi connectivity index (χ1n) is 5.98. The summed E-state index contributed by atoms with van der Waals surface area (Å²) in [7, 11) is 0. The van der Waals surface area contributed by atoms with Crippen molar-refractivity contribution in [2.24, 2.45) is 0 Å². The van der Waals surface area contributed by atoms with E-state index in [1.54, 1.807) is 0 Å². The van der Waals surface area contributed by atoms with Crippen molar-refractivity contribution in [3.63, 3.8) is 0 Å². The van der Waals surface area contributed by atoms with Crippen molar-refractivity contribution in [1.82, 2.24) is 0 Å². The fourth-order valence-corrected chi connectivity index (χ4v) is 1.94. The van der Waals surface area contributed by atoms with E-state index in [2.05, 4.69) is 0 Å². The molecule has 0 aliphatic heterocycles. The zero-order chi connectivity index (χ0) is 15.6. The third-order valence-electron chi connectivity index (χ3n) is 3.01. The van der Waals surface area contributed by atoms with Crippen LogP contribution < -0.4 is 0 Å². The van der Waals surface area contributed by atoms with Gasteiger partial charge in [-0.3, -0.25) is 4.79 Å². The summed E-state index contributed by atoms with van der Waals surface area (Å²) < 4.78 is 0. The number of hydrogen-bond acceptors (Lipinski definition) is 5. The molecule has 21 heavy (non-hydrogen) atoms. The zero-order valence-corrected chi connectivity index (χ0v) is 10.8. The Balaban J connectivity index is 2.64. The molecule has 6 heteroatoms. The number of benzene rings is 2. The molecular weight excluding hydrogens is 276 g/mol. The van der Waals surface area contributed by atoms with Gasteiger partial charge in [0.25, 0.3) is 0 Å². The zero-order valence-electron chi connectivity index (χ0n) is 10.8. The lowest BCUT2D eigenvalue weighted by Gasteiger charge is -2.10. The van der Waals surface area contributed by atoms with Crippen molar-refractivity contribution in [2.75, 3.05) is 0 Å². The molecule has 0 spiro atoms. The monoisotopic (exact) mass is 288 g/mol. The number of carboxylic acids is 1. The lowest BCUT2D eigenvalue weighted by atomic mass is 9.95. The van der Waals surface area contributed by atoms with Crippen LogP contribution in [0.25, 0.3) is 0 Å². The maximum absolute atomic E-state index is 12.4. The second-order valence-corrected chi connectivity index (χ2v) is 4.34. The molecule has 2 aromatic carbocycles. The van der Waals surface area contributed by atoms with Crippen molar-refractivity contribution >= 4 is 11.8 Å². The number of carbonyl (C=O) groups excluding carboxylic acids is 1. The molecule has 0 aliphatic carbocycles. The summed E-state index contributed by atoms with van der Waals surface area (Å²) >= 11 is 0. The summed E-state index contributed by atoms with van der Waals surface area (Å²) in [5.41, 5.74) is -0.655. The molecule has 0 aliphatic rings. The predicted octanol–water partition coefficient (Wildman–Crippen LogP) is 1.52. The number of carboxylic acid groups (broad SMARTS) is 1. The molecule has 4 N–H and O–H groups in total. The Labute approximate surface area is 119 Å². The molecule has 0 atom stereocenters. The largest absolute Gasteiger partial charge is 0.508 e. The van der Waals surface area contributed by atoms with Gasteiger partial charge in [-0.05, 0) is 24.3 Å². The van der Waals surface area contributed by atoms with E-state index in [0.717, 1.165) is 12.1 Å². The third kappa shape index (κ3) is 2.70. The van der Waals surface area contributed by atoms with Gasteiger partial charge >= 0.3 is 5.97 Å².